The van der Waals surface area contributed by atoms with E-state index in [0.717, 1.165) is 28.6 Å². The number of hydrogen-bond donors (Lipinski definition) is 1. The maximum atomic E-state index is 13.5. The first kappa shape index (κ1) is 26.4. The number of rotatable bonds is 9. The van der Waals surface area contributed by atoms with Crippen molar-refractivity contribution in [3.63, 3.8) is 0 Å². The molecule has 4 aromatic rings. The molecule has 1 amide bonds. The zero-order valence-electron chi connectivity index (χ0n) is 22.1. The summed E-state index contributed by atoms with van der Waals surface area (Å²) in [6, 6.07) is 19.1. The van der Waals surface area contributed by atoms with E-state index in [2.05, 4.69) is 11.9 Å². The van der Waals surface area contributed by atoms with Crippen LogP contribution in [0.15, 0.2) is 72.3 Å². The SMILES string of the molecule is CCCCOc1cccc(C(O)=C2C(=O)C(=O)N(c3nc4ccc(C)cc4s3)C2c2ccc(OCC)cc2)c1. The molecule has 7 nitrogen and oxygen atoms in total. The van der Waals surface area contributed by atoms with E-state index in [1.165, 1.54) is 16.2 Å². The second kappa shape index (κ2) is 11.3. The standard InChI is InChI=1S/C31H30N2O5S/c1-4-6-16-38-23-9-7-8-21(18-23)28(34)26-27(20-11-13-22(14-12-20)37-5-2)33(30(36)29(26)35)31-32-24-15-10-19(3)17-25(24)39-31/h7-15,17-18,27,34H,4-6,16H2,1-3H3. The topological polar surface area (TPSA) is 89.0 Å². The Morgan fingerprint density at radius 2 is 1.79 bits per heavy atom. The van der Waals surface area contributed by atoms with Crippen molar-refractivity contribution in [2.24, 2.45) is 0 Å². The van der Waals surface area contributed by atoms with E-state index in [1.54, 1.807) is 36.4 Å². The predicted molar refractivity (Wildman–Crippen MR) is 154 cm³/mol. The number of Topliss-reactive ketones (excluding diaryl/α,β-unsaturated/α-hetero) is 1. The summed E-state index contributed by atoms with van der Waals surface area (Å²) in [5.41, 5.74) is 2.88. The second-order valence-electron chi connectivity index (χ2n) is 9.37. The summed E-state index contributed by atoms with van der Waals surface area (Å²) in [6.45, 7) is 7.04. The third kappa shape index (κ3) is 5.25. The number of ether oxygens (including phenoxy) is 2. The number of amides is 1. The first-order valence-corrected chi connectivity index (χ1v) is 13.9. The minimum Gasteiger partial charge on any atom is -0.507 e. The Labute approximate surface area is 231 Å². The van der Waals surface area contributed by atoms with Crippen LogP contribution in [0.5, 0.6) is 11.5 Å². The summed E-state index contributed by atoms with van der Waals surface area (Å²) < 4.78 is 12.3. The summed E-state index contributed by atoms with van der Waals surface area (Å²) in [4.78, 5) is 33.2. The first-order valence-electron chi connectivity index (χ1n) is 13.1. The second-order valence-corrected chi connectivity index (χ2v) is 10.4. The number of aromatic nitrogens is 1. The number of benzene rings is 3. The van der Waals surface area contributed by atoms with Gasteiger partial charge in [-0.3, -0.25) is 14.5 Å². The summed E-state index contributed by atoms with van der Waals surface area (Å²) in [5, 5.41) is 11.9. The lowest BCUT2D eigenvalue weighted by Gasteiger charge is -2.23. The van der Waals surface area contributed by atoms with Crippen molar-refractivity contribution in [3.8, 4) is 11.5 Å². The third-order valence-corrected chi connectivity index (χ3v) is 7.58. The van der Waals surface area contributed by atoms with Crippen molar-refractivity contribution in [2.75, 3.05) is 18.1 Å². The van der Waals surface area contributed by atoms with Crippen molar-refractivity contribution in [1.29, 1.82) is 0 Å². The highest BCUT2D eigenvalue weighted by Gasteiger charge is 2.48. The van der Waals surface area contributed by atoms with E-state index < -0.39 is 17.7 Å². The zero-order valence-corrected chi connectivity index (χ0v) is 23.0. The van der Waals surface area contributed by atoms with E-state index in [-0.39, 0.29) is 11.3 Å². The smallest absolute Gasteiger partial charge is 0.301 e. The average Bonchev–Trinajstić information content (AvgIpc) is 3.46. The molecule has 1 aliphatic rings. The molecule has 0 saturated carbocycles. The summed E-state index contributed by atoms with van der Waals surface area (Å²) in [5.74, 6) is -0.500. The number of hydrogen-bond acceptors (Lipinski definition) is 7. The molecular formula is C31H30N2O5S. The van der Waals surface area contributed by atoms with Crippen LogP contribution in [0.2, 0.25) is 0 Å². The first-order chi connectivity index (χ1) is 18.9. The third-order valence-electron chi connectivity index (χ3n) is 6.56. The van der Waals surface area contributed by atoms with Gasteiger partial charge in [-0.25, -0.2) is 4.98 Å². The van der Waals surface area contributed by atoms with Crippen LogP contribution in [0.3, 0.4) is 0 Å². The van der Waals surface area contributed by atoms with Crippen molar-refractivity contribution in [3.05, 3.63) is 89.0 Å². The highest BCUT2D eigenvalue weighted by molar-refractivity contribution is 7.22. The quantitative estimate of drug-likeness (QED) is 0.108. The Hall–Kier alpha value is -4.17. The molecule has 2 heterocycles. The molecule has 0 aliphatic carbocycles. The number of thiazole rings is 1. The molecule has 1 fully saturated rings. The lowest BCUT2D eigenvalue weighted by Crippen LogP contribution is -2.29. The van der Waals surface area contributed by atoms with Crippen molar-refractivity contribution >= 4 is 44.1 Å². The fourth-order valence-electron chi connectivity index (χ4n) is 4.60. The minimum atomic E-state index is -0.869. The van der Waals surface area contributed by atoms with Crippen molar-refractivity contribution < 1.29 is 24.2 Å². The van der Waals surface area contributed by atoms with E-state index in [4.69, 9.17) is 9.47 Å². The average molecular weight is 543 g/mol. The molecule has 200 valence electrons. The van der Waals surface area contributed by atoms with Crippen LogP contribution >= 0.6 is 11.3 Å². The Morgan fingerprint density at radius 3 is 2.54 bits per heavy atom. The number of anilines is 1. The number of aliphatic hydroxyl groups excluding tert-OH is 1. The van der Waals surface area contributed by atoms with E-state index in [1.807, 2.05) is 44.2 Å². The molecule has 1 aromatic heterocycles. The van der Waals surface area contributed by atoms with Crippen molar-refractivity contribution in [1.82, 2.24) is 4.98 Å². The molecule has 1 unspecified atom stereocenters. The van der Waals surface area contributed by atoms with Gasteiger partial charge in [0.2, 0.25) is 0 Å². The minimum absolute atomic E-state index is 0.00491. The Kier molecular flexibility index (Phi) is 7.65. The molecule has 3 aromatic carbocycles. The molecule has 1 atom stereocenters. The fraction of sp³-hybridized carbons (Fsp3) is 0.258. The largest absolute Gasteiger partial charge is 0.507 e. The molecular weight excluding hydrogens is 512 g/mol. The number of carbonyl (C=O) groups excluding carboxylic acids is 2. The van der Waals surface area contributed by atoms with Gasteiger partial charge in [-0.05, 0) is 67.8 Å². The maximum Gasteiger partial charge on any atom is 0.301 e. The normalized spacial score (nSPS) is 16.7. The molecule has 5 rings (SSSR count). The van der Waals surface area contributed by atoms with Crippen LogP contribution in [-0.2, 0) is 9.59 Å². The number of fused-ring (bicyclic) bond motifs is 1. The van der Waals surface area contributed by atoms with Gasteiger partial charge in [0.15, 0.2) is 5.13 Å². The maximum absolute atomic E-state index is 13.5. The van der Waals surface area contributed by atoms with Gasteiger partial charge in [-0.2, -0.15) is 0 Å². The lowest BCUT2D eigenvalue weighted by atomic mass is 9.95. The molecule has 8 heteroatoms. The van der Waals surface area contributed by atoms with Crippen LogP contribution in [0.25, 0.3) is 16.0 Å². The van der Waals surface area contributed by atoms with Crippen LogP contribution in [0, 0.1) is 6.92 Å². The van der Waals surface area contributed by atoms with E-state index >= 15 is 0 Å². The van der Waals surface area contributed by atoms with Gasteiger partial charge in [0.25, 0.3) is 5.78 Å². The molecule has 0 radical (unpaired) electrons. The predicted octanol–water partition coefficient (Wildman–Crippen LogP) is 6.81. The van der Waals surface area contributed by atoms with Crippen LogP contribution in [-0.4, -0.2) is 35.0 Å². The Morgan fingerprint density at radius 1 is 1.00 bits per heavy atom. The van der Waals surface area contributed by atoms with Gasteiger partial charge in [0.05, 0.1) is 35.0 Å². The summed E-state index contributed by atoms with van der Waals surface area (Å²) >= 11 is 1.34. The summed E-state index contributed by atoms with van der Waals surface area (Å²) in [7, 11) is 0. The van der Waals surface area contributed by atoms with Crippen LogP contribution in [0.1, 0.15) is 49.4 Å². The number of nitrogens with zero attached hydrogens (tertiary/aromatic N) is 2. The van der Waals surface area contributed by atoms with Gasteiger partial charge in [0, 0.05) is 5.56 Å². The van der Waals surface area contributed by atoms with Crippen LogP contribution in [0.4, 0.5) is 5.13 Å². The summed E-state index contributed by atoms with van der Waals surface area (Å²) in [6.07, 6.45) is 1.90. The number of aryl methyl sites for hydroxylation is 1. The molecule has 0 bridgehead atoms. The van der Waals surface area contributed by atoms with Gasteiger partial charge in [-0.1, -0.05) is 55.0 Å². The van der Waals surface area contributed by atoms with Gasteiger partial charge in [0.1, 0.15) is 17.3 Å². The monoisotopic (exact) mass is 542 g/mol. The Bertz CT molecular complexity index is 1560. The van der Waals surface area contributed by atoms with E-state index in [9.17, 15) is 14.7 Å². The molecule has 1 N–H and O–H groups in total. The number of aliphatic hydroxyl groups is 1. The molecule has 1 aliphatic heterocycles. The lowest BCUT2D eigenvalue weighted by molar-refractivity contribution is -0.132. The Balaban J connectivity index is 1.64. The van der Waals surface area contributed by atoms with Gasteiger partial charge < -0.3 is 14.6 Å². The number of unbranched alkanes of at least 4 members (excludes halogenated alkanes) is 1. The van der Waals surface area contributed by atoms with E-state index in [0.29, 0.717) is 41.0 Å². The zero-order chi connectivity index (χ0) is 27.5. The van der Waals surface area contributed by atoms with Crippen molar-refractivity contribution in [2.45, 2.75) is 39.7 Å². The highest BCUT2D eigenvalue weighted by atomic mass is 32.1. The molecule has 39 heavy (non-hydrogen) atoms. The number of ketones is 1. The van der Waals surface area contributed by atoms with Gasteiger partial charge >= 0.3 is 5.91 Å². The fourth-order valence-corrected chi connectivity index (χ4v) is 5.69. The molecule has 0 spiro atoms. The highest BCUT2D eigenvalue weighted by Crippen LogP contribution is 2.44. The molecule has 1 saturated heterocycles. The van der Waals surface area contributed by atoms with Gasteiger partial charge in [-0.15, -0.1) is 0 Å². The van der Waals surface area contributed by atoms with Crippen LogP contribution < -0.4 is 14.4 Å². The number of carbonyl (C=O) groups is 2.